The third kappa shape index (κ3) is 5.25. The van der Waals surface area contributed by atoms with Gasteiger partial charge < -0.3 is 15.0 Å². The van der Waals surface area contributed by atoms with Gasteiger partial charge >= 0.3 is 24.5 Å². The first kappa shape index (κ1) is 27.2. The fraction of sp³-hybridized carbons (Fsp3) is 0.318. The number of nitrogens with one attached hydrogen (secondary N) is 2. The predicted molar refractivity (Wildman–Crippen MR) is 109 cm³/mol. The molecular weight excluding hydrogens is 541 g/mol. The summed E-state index contributed by atoms with van der Waals surface area (Å²) >= 11 is 0. The number of carbonyl (C=O) groups excluding carboxylic acids is 3. The van der Waals surface area contributed by atoms with E-state index in [0.717, 1.165) is 23.1 Å². The second kappa shape index (κ2) is 9.18. The molecule has 0 aliphatic carbocycles. The molecule has 2 N–H and O–H groups in total. The number of benzene rings is 2. The third-order valence-electron chi connectivity index (χ3n) is 5.74. The van der Waals surface area contributed by atoms with Gasteiger partial charge in [-0.15, -0.1) is 0 Å². The fourth-order valence-electron chi connectivity index (χ4n) is 4.03. The molecule has 1 saturated heterocycles. The molecule has 2 atom stereocenters. The summed E-state index contributed by atoms with van der Waals surface area (Å²) in [6.07, 6.45) is -17.5. The van der Waals surface area contributed by atoms with Crippen molar-refractivity contribution in [2.75, 3.05) is 18.4 Å². The van der Waals surface area contributed by atoms with Crippen molar-refractivity contribution in [2.45, 2.75) is 30.8 Å². The molecule has 2 aliphatic heterocycles. The molecule has 1 fully saturated rings. The Hall–Kier alpha value is -3.82. The molecule has 4 rings (SSSR count). The zero-order valence-corrected chi connectivity index (χ0v) is 18.5. The van der Waals surface area contributed by atoms with Crippen LogP contribution in [0.25, 0.3) is 11.1 Å². The standard InChI is InChI=1S/C22H14F9N3O4/c23-20(24,25)11-5-10(6-12(8-11)21(26,27)28)9-1-2-14-13(7-9)18(36)34-4-3-32-17(15(34)16(35)33-14)38-19(37)22(29,30)31/h1-2,5-8,15,17,32H,3-4H2,(H,33,35)/t15-,17?/m1/s1. The van der Waals surface area contributed by atoms with E-state index >= 15 is 0 Å². The molecule has 38 heavy (non-hydrogen) atoms. The number of fused-ring (bicyclic) bond motifs is 2. The quantitative estimate of drug-likeness (QED) is 0.429. The molecule has 0 bridgehead atoms. The summed E-state index contributed by atoms with van der Waals surface area (Å²) in [5.41, 5.74) is -4.51. The summed E-state index contributed by atoms with van der Waals surface area (Å²) in [4.78, 5) is 38.2. The van der Waals surface area contributed by atoms with Gasteiger partial charge in [-0.1, -0.05) is 6.07 Å². The largest absolute Gasteiger partial charge is 0.490 e. The van der Waals surface area contributed by atoms with Crippen LogP contribution in [0, 0.1) is 0 Å². The highest BCUT2D eigenvalue weighted by Gasteiger charge is 2.49. The van der Waals surface area contributed by atoms with Crippen LogP contribution < -0.4 is 10.6 Å². The first-order valence-electron chi connectivity index (χ1n) is 10.5. The molecule has 0 radical (unpaired) electrons. The SMILES string of the molecule is O=C1Nc2ccc(-c3cc(C(F)(F)F)cc(C(F)(F)F)c3)cc2C(=O)N2CCNC(OC(=O)C(F)(F)F)[C@@H]12. The van der Waals surface area contributed by atoms with Gasteiger partial charge in [0.05, 0.1) is 22.4 Å². The van der Waals surface area contributed by atoms with Gasteiger partial charge in [0.2, 0.25) is 0 Å². The summed E-state index contributed by atoms with van der Waals surface area (Å²) in [6.45, 7) is -0.453. The first-order chi connectivity index (χ1) is 17.5. The number of nitrogens with zero attached hydrogens (tertiary/aromatic N) is 1. The minimum atomic E-state index is -5.40. The van der Waals surface area contributed by atoms with Gasteiger partial charge in [-0.3, -0.25) is 14.9 Å². The monoisotopic (exact) mass is 555 g/mol. The van der Waals surface area contributed by atoms with Crippen molar-refractivity contribution < 1.29 is 58.6 Å². The first-order valence-corrected chi connectivity index (χ1v) is 10.5. The number of hydrogen-bond donors (Lipinski definition) is 2. The second-order valence-corrected chi connectivity index (χ2v) is 8.27. The van der Waals surface area contributed by atoms with Crippen LogP contribution in [-0.2, 0) is 26.7 Å². The second-order valence-electron chi connectivity index (χ2n) is 8.27. The summed E-state index contributed by atoms with van der Waals surface area (Å²) < 4.78 is 122. The van der Waals surface area contributed by atoms with E-state index in [1.165, 1.54) is 0 Å². The molecule has 2 aliphatic rings. The maximum absolute atomic E-state index is 13.3. The molecule has 2 amide bonds. The Balaban J connectivity index is 1.75. The molecule has 16 heteroatoms. The van der Waals surface area contributed by atoms with Gasteiger partial charge in [0.1, 0.15) is 0 Å². The summed E-state index contributed by atoms with van der Waals surface area (Å²) in [7, 11) is 0. The molecule has 7 nitrogen and oxygen atoms in total. The van der Waals surface area contributed by atoms with Gasteiger partial charge in [0.25, 0.3) is 11.8 Å². The van der Waals surface area contributed by atoms with Gasteiger partial charge in [0.15, 0.2) is 12.3 Å². The minimum absolute atomic E-state index is 0.0635. The fourth-order valence-corrected chi connectivity index (χ4v) is 4.03. The van der Waals surface area contributed by atoms with E-state index in [9.17, 15) is 53.9 Å². The number of carbonyl (C=O) groups is 3. The zero-order valence-electron chi connectivity index (χ0n) is 18.5. The third-order valence-corrected chi connectivity index (χ3v) is 5.74. The molecule has 2 aromatic carbocycles. The average Bonchev–Trinajstić information content (AvgIpc) is 2.91. The van der Waals surface area contributed by atoms with Crippen molar-refractivity contribution in [3.05, 3.63) is 53.1 Å². The van der Waals surface area contributed by atoms with Crippen molar-refractivity contribution in [1.82, 2.24) is 10.2 Å². The Morgan fingerprint density at radius 2 is 1.47 bits per heavy atom. The summed E-state index contributed by atoms with van der Waals surface area (Å²) in [5, 5.41) is 4.66. The van der Waals surface area contributed by atoms with Gasteiger partial charge in [-0.05, 0) is 41.5 Å². The molecular formula is C22H14F9N3O4. The normalized spacial score (nSPS) is 20.3. The number of anilines is 1. The molecule has 0 saturated carbocycles. The Bertz CT molecular complexity index is 1270. The van der Waals surface area contributed by atoms with Gasteiger partial charge in [-0.2, -0.15) is 39.5 Å². The van der Waals surface area contributed by atoms with Crippen LogP contribution >= 0.6 is 0 Å². The van der Waals surface area contributed by atoms with Crippen LogP contribution in [0.4, 0.5) is 45.2 Å². The average molecular weight is 555 g/mol. The number of halogens is 9. The van der Waals surface area contributed by atoms with Crippen LogP contribution in [0.15, 0.2) is 36.4 Å². The zero-order chi connectivity index (χ0) is 28.2. The summed E-state index contributed by atoms with van der Waals surface area (Å²) in [5.74, 6) is -4.65. The number of rotatable bonds is 2. The topological polar surface area (TPSA) is 87.7 Å². The molecule has 0 spiro atoms. The lowest BCUT2D eigenvalue weighted by Crippen LogP contribution is -2.64. The number of piperazine rings is 1. The lowest BCUT2D eigenvalue weighted by molar-refractivity contribution is -0.210. The number of alkyl halides is 9. The Morgan fingerprint density at radius 3 is 2.03 bits per heavy atom. The number of amides is 2. The van der Waals surface area contributed by atoms with Gasteiger partial charge in [0, 0.05) is 13.1 Å². The van der Waals surface area contributed by atoms with E-state index in [0.29, 0.717) is 12.1 Å². The lowest BCUT2D eigenvalue weighted by atomic mass is 9.96. The predicted octanol–water partition coefficient (Wildman–Crippen LogP) is 4.19. The molecule has 1 unspecified atom stereocenters. The van der Waals surface area contributed by atoms with Crippen molar-refractivity contribution in [3.63, 3.8) is 0 Å². The van der Waals surface area contributed by atoms with Crippen LogP contribution in [0.3, 0.4) is 0 Å². The van der Waals surface area contributed by atoms with Crippen LogP contribution in [0.5, 0.6) is 0 Å². The Kier molecular flexibility index (Phi) is 6.58. The van der Waals surface area contributed by atoms with Crippen LogP contribution in [0.2, 0.25) is 0 Å². The van der Waals surface area contributed by atoms with Crippen molar-refractivity contribution >= 4 is 23.5 Å². The van der Waals surface area contributed by atoms with Crippen LogP contribution in [0.1, 0.15) is 21.5 Å². The summed E-state index contributed by atoms with van der Waals surface area (Å²) in [6, 6.07) is 2.15. The van der Waals surface area contributed by atoms with E-state index in [-0.39, 0.29) is 36.0 Å². The van der Waals surface area contributed by atoms with E-state index in [2.05, 4.69) is 15.4 Å². The minimum Gasteiger partial charge on any atom is -0.437 e. The highest BCUT2D eigenvalue weighted by atomic mass is 19.4. The van der Waals surface area contributed by atoms with Crippen molar-refractivity contribution in [3.8, 4) is 11.1 Å². The number of hydrogen-bond acceptors (Lipinski definition) is 5. The highest BCUT2D eigenvalue weighted by Crippen LogP contribution is 2.39. The molecule has 2 heterocycles. The highest BCUT2D eigenvalue weighted by molar-refractivity contribution is 6.11. The van der Waals surface area contributed by atoms with E-state index < -0.39 is 65.3 Å². The maximum atomic E-state index is 13.3. The number of ether oxygens (including phenoxy) is 1. The Morgan fingerprint density at radius 1 is 0.868 bits per heavy atom. The van der Waals surface area contributed by atoms with E-state index in [4.69, 9.17) is 0 Å². The Labute approximate surface area is 206 Å². The van der Waals surface area contributed by atoms with E-state index in [1.807, 2.05) is 0 Å². The molecule has 0 aromatic heterocycles. The lowest BCUT2D eigenvalue weighted by Gasteiger charge is -2.38. The van der Waals surface area contributed by atoms with Crippen LogP contribution in [-0.4, -0.2) is 54.2 Å². The molecule has 2 aromatic rings. The smallest absolute Gasteiger partial charge is 0.437 e. The van der Waals surface area contributed by atoms with Gasteiger partial charge in [-0.25, -0.2) is 4.79 Å². The van der Waals surface area contributed by atoms with E-state index in [1.54, 1.807) is 0 Å². The van der Waals surface area contributed by atoms with Crippen molar-refractivity contribution in [2.24, 2.45) is 0 Å². The molecule has 204 valence electrons. The maximum Gasteiger partial charge on any atom is 0.490 e. The van der Waals surface area contributed by atoms with Crippen molar-refractivity contribution in [1.29, 1.82) is 0 Å². The number of esters is 1.